The number of esters is 1. The van der Waals surface area contributed by atoms with Crippen LogP contribution in [0.5, 0.6) is 5.75 Å². The van der Waals surface area contributed by atoms with Gasteiger partial charge in [-0.05, 0) is 37.3 Å². The van der Waals surface area contributed by atoms with Crippen LogP contribution in [-0.2, 0) is 11.3 Å². The minimum atomic E-state index is -0.632. The van der Waals surface area contributed by atoms with E-state index < -0.39 is 11.8 Å². The number of ether oxygens (including phenoxy) is 2. The molecule has 0 radical (unpaired) electrons. The summed E-state index contributed by atoms with van der Waals surface area (Å²) in [5.74, 6) is -0.319. The maximum atomic E-state index is 14.4. The van der Waals surface area contributed by atoms with Crippen molar-refractivity contribution in [3.05, 3.63) is 65.9 Å². The lowest BCUT2D eigenvalue weighted by atomic mass is 10.1. The van der Waals surface area contributed by atoms with Crippen LogP contribution in [0, 0.1) is 5.82 Å². The van der Waals surface area contributed by atoms with E-state index in [1.807, 2.05) is 18.2 Å². The van der Waals surface area contributed by atoms with E-state index in [1.165, 1.54) is 18.2 Å². The smallest absolute Gasteiger partial charge is 0.361 e. The van der Waals surface area contributed by atoms with E-state index in [-0.39, 0.29) is 41.9 Å². The number of para-hydroxylation sites is 1. The molecule has 0 amide bonds. The molecule has 4 aromatic rings. The number of halogens is 1. The summed E-state index contributed by atoms with van der Waals surface area (Å²) in [5, 5.41) is 14.0. The second-order valence-corrected chi connectivity index (χ2v) is 6.05. The Morgan fingerprint density at radius 1 is 1.17 bits per heavy atom. The largest absolute Gasteiger partial charge is 0.484 e. The second-order valence-electron chi connectivity index (χ2n) is 6.05. The summed E-state index contributed by atoms with van der Waals surface area (Å²) in [5.41, 5.74) is 0.750. The standard InChI is InChI=1S/C20H16FN5O4/c1-2-28-20(27)18-17(23-26-24-18)12-8-9-15(21)14(10-12)19-22-16(30-25-19)11-29-13-6-4-3-5-7-13/h3-10H,2,11H2,1H3,(H,23,24,26). The lowest BCUT2D eigenvalue weighted by molar-refractivity contribution is 0.0520. The van der Waals surface area contributed by atoms with Gasteiger partial charge in [0.15, 0.2) is 12.3 Å². The average molecular weight is 409 g/mol. The monoisotopic (exact) mass is 409 g/mol. The van der Waals surface area contributed by atoms with E-state index in [2.05, 4.69) is 25.6 Å². The Kier molecular flexibility index (Phi) is 5.46. The molecule has 152 valence electrons. The normalized spacial score (nSPS) is 10.7. The molecule has 0 bridgehead atoms. The highest BCUT2D eigenvalue weighted by Gasteiger charge is 2.21. The number of nitrogens with zero attached hydrogens (tertiary/aromatic N) is 4. The van der Waals surface area contributed by atoms with Gasteiger partial charge in [0.25, 0.3) is 5.89 Å². The van der Waals surface area contributed by atoms with Crippen molar-refractivity contribution in [1.29, 1.82) is 0 Å². The molecule has 0 aliphatic carbocycles. The van der Waals surface area contributed by atoms with Gasteiger partial charge in [0, 0.05) is 5.56 Å². The Bertz CT molecular complexity index is 1160. The van der Waals surface area contributed by atoms with Crippen LogP contribution < -0.4 is 4.74 Å². The first-order valence-corrected chi connectivity index (χ1v) is 9.04. The molecule has 4 rings (SSSR count). The van der Waals surface area contributed by atoms with Crippen molar-refractivity contribution in [2.45, 2.75) is 13.5 Å². The number of carbonyl (C=O) groups is 1. The van der Waals surface area contributed by atoms with Gasteiger partial charge < -0.3 is 14.0 Å². The van der Waals surface area contributed by atoms with Gasteiger partial charge in [0.05, 0.1) is 12.2 Å². The predicted octanol–water partition coefficient (Wildman–Crippen LogP) is 3.42. The first kappa shape index (κ1) is 19.2. The van der Waals surface area contributed by atoms with Crippen molar-refractivity contribution in [2.24, 2.45) is 0 Å². The Hall–Kier alpha value is -4.08. The average Bonchev–Trinajstić information content (AvgIpc) is 3.43. The lowest BCUT2D eigenvalue weighted by Gasteiger charge is -2.04. The van der Waals surface area contributed by atoms with E-state index in [4.69, 9.17) is 14.0 Å². The van der Waals surface area contributed by atoms with Crippen LogP contribution >= 0.6 is 0 Å². The zero-order chi connectivity index (χ0) is 20.9. The van der Waals surface area contributed by atoms with E-state index in [9.17, 15) is 9.18 Å². The maximum absolute atomic E-state index is 14.4. The molecule has 0 aliphatic heterocycles. The summed E-state index contributed by atoms with van der Waals surface area (Å²) in [4.78, 5) is 16.2. The zero-order valence-corrected chi connectivity index (χ0v) is 15.8. The fourth-order valence-corrected chi connectivity index (χ4v) is 2.70. The third kappa shape index (κ3) is 4.02. The van der Waals surface area contributed by atoms with Crippen LogP contribution in [0.15, 0.2) is 53.1 Å². The van der Waals surface area contributed by atoms with Gasteiger partial charge >= 0.3 is 5.97 Å². The Balaban J connectivity index is 1.58. The predicted molar refractivity (Wildman–Crippen MR) is 102 cm³/mol. The van der Waals surface area contributed by atoms with Gasteiger partial charge in [-0.2, -0.15) is 15.3 Å². The Morgan fingerprint density at radius 2 is 2.00 bits per heavy atom. The molecule has 0 spiro atoms. The summed E-state index contributed by atoms with van der Waals surface area (Å²) < 4.78 is 30.1. The molecule has 0 aliphatic rings. The molecule has 9 nitrogen and oxygen atoms in total. The number of benzene rings is 2. The molecule has 1 N–H and O–H groups in total. The van der Waals surface area contributed by atoms with Crippen LogP contribution in [0.25, 0.3) is 22.6 Å². The SMILES string of the molecule is CCOC(=O)c1n[nH]nc1-c1ccc(F)c(-c2noc(COc3ccccc3)n2)c1. The molecule has 0 saturated heterocycles. The topological polar surface area (TPSA) is 116 Å². The van der Waals surface area contributed by atoms with Crippen LogP contribution in [0.4, 0.5) is 4.39 Å². The zero-order valence-electron chi connectivity index (χ0n) is 15.8. The van der Waals surface area contributed by atoms with Gasteiger partial charge in [-0.15, -0.1) is 5.10 Å². The van der Waals surface area contributed by atoms with Crippen molar-refractivity contribution >= 4 is 5.97 Å². The highest BCUT2D eigenvalue weighted by molar-refractivity contribution is 5.94. The number of hydrogen-bond donors (Lipinski definition) is 1. The van der Waals surface area contributed by atoms with E-state index >= 15 is 0 Å². The molecule has 0 atom stereocenters. The maximum Gasteiger partial charge on any atom is 0.361 e. The summed E-state index contributed by atoms with van der Waals surface area (Å²) >= 11 is 0. The van der Waals surface area contributed by atoms with Gasteiger partial charge in [-0.25, -0.2) is 9.18 Å². The number of nitrogens with one attached hydrogen (secondary N) is 1. The van der Waals surface area contributed by atoms with Crippen LogP contribution in [-0.4, -0.2) is 38.1 Å². The minimum Gasteiger partial charge on any atom is -0.484 e. The molecule has 30 heavy (non-hydrogen) atoms. The van der Waals surface area contributed by atoms with Crippen molar-refractivity contribution in [3.63, 3.8) is 0 Å². The molecule has 0 fully saturated rings. The van der Waals surface area contributed by atoms with E-state index in [0.717, 1.165) is 0 Å². The molecule has 2 aromatic heterocycles. The third-order valence-corrected chi connectivity index (χ3v) is 4.07. The highest BCUT2D eigenvalue weighted by atomic mass is 19.1. The first-order chi connectivity index (χ1) is 14.7. The minimum absolute atomic E-state index is 0.000490. The van der Waals surface area contributed by atoms with Gasteiger partial charge in [-0.1, -0.05) is 23.4 Å². The first-order valence-electron chi connectivity index (χ1n) is 9.04. The Labute approximate surface area is 169 Å². The van der Waals surface area contributed by atoms with Crippen molar-refractivity contribution in [2.75, 3.05) is 6.61 Å². The van der Waals surface area contributed by atoms with Crippen LogP contribution in [0.2, 0.25) is 0 Å². The number of aromatic amines is 1. The van der Waals surface area contributed by atoms with Gasteiger partial charge in [0.1, 0.15) is 17.3 Å². The van der Waals surface area contributed by atoms with Gasteiger partial charge in [-0.3, -0.25) is 0 Å². The number of aromatic nitrogens is 5. The van der Waals surface area contributed by atoms with E-state index in [0.29, 0.717) is 11.3 Å². The third-order valence-electron chi connectivity index (χ3n) is 4.07. The summed E-state index contributed by atoms with van der Waals surface area (Å²) in [6, 6.07) is 13.3. The molecule has 2 heterocycles. The fourth-order valence-electron chi connectivity index (χ4n) is 2.70. The van der Waals surface area contributed by atoms with Crippen LogP contribution in [0.3, 0.4) is 0 Å². The number of hydrogen-bond acceptors (Lipinski definition) is 8. The van der Waals surface area contributed by atoms with Crippen molar-refractivity contribution in [1.82, 2.24) is 25.6 Å². The van der Waals surface area contributed by atoms with Gasteiger partial charge in [0.2, 0.25) is 5.82 Å². The summed E-state index contributed by atoms with van der Waals surface area (Å²) in [7, 11) is 0. The molecule has 0 saturated carbocycles. The summed E-state index contributed by atoms with van der Waals surface area (Å²) in [6.07, 6.45) is 0. The lowest BCUT2D eigenvalue weighted by Crippen LogP contribution is -2.06. The Morgan fingerprint density at radius 3 is 2.80 bits per heavy atom. The van der Waals surface area contributed by atoms with Crippen molar-refractivity contribution in [3.8, 4) is 28.4 Å². The molecule has 2 aromatic carbocycles. The fraction of sp³-hybridized carbons (Fsp3) is 0.150. The number of carbonyl (C=O) groups excluding carboxylic acids is 1. The van der Waals surface area contributed by atoms with Crippen molar-refractivity contribution < 1.29 is 23.2 Å². The number of rotatable bonds is 7. The van der Waals surface area contributed by atoms with Crippen LogP contribution in [0.1, 0.15) is 23.3 Å². The molecular weight excluding hydrogens is 393 g/mol. The van der Waals surface area contributed by atoms with E-state index in [1.54, 1.807) is 19.1 Å². The quantitative estimate of drug-likeness (QED) is 0.462. The second kappa shape index (κ2) is 8.52. The molecule has 0 unspecified atom stereocenters. The summed E-state index contributed by atoms with van der Waals surface area (Å²) in [6.45, 7) is 1.91. The number of H-pyrrole nitrogens is 1. The molecular formula is C20H16FN5O4. The highest BCUT2D eigenvalue weighted by Crippen LogP contribution is 2.28. The molecule has 10 heteroatoms.